The van der Waals surface area contributed by atoms with Gasteiger partial charge in [-0.2, -0.15) is 15.5 Å². The van der Waals surface area contributed by atoms with Crippen molar-refractivity contribution in [1.82, 2.24) is 15.5 Å². The Morgan fingerprint density at radius 1 is 1.26 bits per heavy atom. The van der Waals surface area contributed by atoms with Crippen molar-refractivity contribution in [1.29, 1.82) is 5.26 Å². The van der Waals surface area contributed by atoms with E-state index in [4.69, 9.17) is 5.26 Å². The maximum Gasteiger partial charge on any atom is 0.242 e. The van der Waals surface area contributed by atoms with Crippen molar-refractivity contribution in [3.8, 4) is 6.07 Å². The van der Waals surface area contributed by atoms with Crippen LogP contribution in [0.3, 0.4) is 0 Å². The second-order valence-corrected chi connectivity index (χ2v) is 3.91. The van der Waals surface area contributed by atoms with Crippen LogP contribution in [0.4, 0.5) is 0 Å². The van der Waals surface area contributed by atoms with E-state index in [1.54, 1.807) is 42.6 Å². The number of amides is 1. The lowest BCUT2D eigenvalue weighted by atomic mass is 10.00. The summed E-state index contributed by atoms with van der Waals surface area (Å²) in [5, 5.41) is 19.4. The molecular formula is C14H12N4O. The third-order valence-corrected chi connectivity index (χ3v) is 2.60. The number of nitriles is 1. The molecule has 2 aromatic rings. The van der Waals surface area contributed by atoms with Crippen molar-refractivity contribution in [3.05, 3.63) is 59.9 Å². The molecule has 5 nitrogen and oxygen atoms in total. The summed E-state index contributed by atoms with van der Waals surface area (Å²) in [6.45, 7) is 0.262. The fraction of sp³-hybridized carbons (Fsp3) is 0.143. The number of carbonyl (C=O) groups excluding carboxylic acids is 1. The van der Waals surface area contributed by atoms with Gasteiger partial charge in [-0.1, -0.05) is 30.3 Å². The molecule has 5 heteroatoms. The van der Waals surface area contributed by atoms with E-state index in [-0.39, 0.29) is 12.5 Å². The largest absolute Gasteiger partial charge is 0.349 e. The first kappa shape index (κ1) is 12.7. The second kappa shape index (κ2) is 6.26. The molecule has 1 heterocycles. The average Bonchev–Trinajstić information content (AvgIpc) is 2.48. The standard InChI is InChI=1S/C14H12N4O/c15-9-13(11-5-2-1-3-6-11)14(19)16-10-12-7-4-8-17-18-12/h1-8,13H,10H2,(H,16,19). The van der Waals surface area contributed by atoms with Gasteiger partial charge in [0.15, 0.2) is 0 Å². The number of benzene rings is 1. The predicted octanol–water partition coefficient (Wildman–Crippen LogP) is 1.40. The molecule has 0 saturated carbocycles. The summed E-state index contributed by atoms with van der Waals surface area (Å²) < 4.78 is 0. The van der Waals surface area contributed by atoms with Gasteiger partial charge in [0.05, 0.1) is 18.3 Å². The molecule has 19 heavy (non-hydrogen) atoms. The summed E-state index contributed by atoms with van der Waals surface area (Å²) in [5.41, 5.74) is 1.34. The third kappa shape index (κ3) is 3.36. The summed E-state index contributed by atoms with van der Waals surface area (Å²) in [6.07, 6.45) is 1.56. The lowest BCUT2D eigenvalue weighted by Gasteiger charge is -2.09. The van der Waals surface area contributed by atoms with E-state index < -0.39 is 5.92 Å². The zero-order valence-corrected chi connectivity index (χ0v) is 10.2. The van der Waals surface area contributed by atoms with Gasteiger partial charge in [-0.05, 0) is 17.7 Å². The Bertz CT molecular complexity index is 577. The molecule has 0 saturated heterocycles. The van der Waals surface area contributed by atoms with Crippen LogP contribution in [0.15, 0.2) is 48.7 Å². The lowest BCUT2D eigenvalue weighted by molar-refractivity contribution is -0.121. The number of rotatable bonds is 4. The highest BCUT2D eigenvalue weighted by atomic mass is 16.1. The Morgan fingerprint density at radius 3 is 2.68 bits per heavy atom. The van der Waals surface area contributed by atoms with Gasteiger partial charge >= 0.3 is 0 Å². The molecular weight excluding hydrogens is 240 g/mol. The van der Waals surface area contributed by atoms with E-state index in [9.17, 15) is 4.79 Å². The number of carbonyl (C=O) groups is 1. The highest BCUT2D eigenvalue weighted by Crippen LogP contribution is 2.14. The minimum atomic E-state index is -0.808. The quantitative estimate of drug-likeness (QED) is 0.892. The molecule has 0 spiro atoms. The highest BCUT2D eigenvalue weighted by molar-refractivity contribution is 5.86. The predicted molar refractivity (Wildman–Crippen MR) is 68.7 cm³/mol. The molecule has 1 aromatic carbocycles. The minimum absolute atomic E-state index is 0.262. The molecule has 1 atom stereocenters. The molecule has 0 aliphatic carbocycles. The lowest BCUT2D eigenvalue weighted by Crippen LogP contribution is -2.28. The molecule has 1 N–H and O–H groups in total. The summed E-state index contributed by atoms with van der Waals surface area (Å²) in [4.78, 5) is 12.0. The normalized spacial score (nSPS) is 11.3. The number of hydrogen-bond acceptors (Lipinski definition) is 4. The molecule has 0 bridgehead atoms. The Balaban J connectivity index is 2.01. The molecule has 1 amide bonds. The maximum atomic E-state index is 12.0. The first-order valence-electron chi connectivity index (χ1n) is 5.80. The van der Waals surface area contributed by atoms with Crippen molar-refractivity contribution in [2.75, 3.05) is 0 Å². The van der Waals surface area contributed by atoms with Gasteiger partial charge < -0.3 is 5.32 Å². The summed E-state index contributed by atoms with van der Waals surface area (Å²) in [7, 11) is 0. The minimum Gasteiger partial charge on any atom is -0.349 e. The van der Waals surface area contributed by atoms with Crippen LogP contribution in [0.1, 0.15) is 17.2 Å². The SMILES string of the molecule is N#CC(C(=O)NCc1cccnn1)c1ccccc1. The summed E-state index contributed by atoms with van der Waals surface area (Å²) in [6, 6.07) is 14.5. The van der Waals surface area contributed by atoms with Crippen LogP contribution in [-0.4, -0.2) is 16.1 Å². The monoisotopic (exact) mass is 252 g/mol. The Morgan fingerprint density at radius 2 is 2.05 bits per heavy atom. The van der Waals surface area contributed by atoms with E-state index in [0.717, 1.165) is 0 Å². The molecule has 0 aliphatic heterocycles. The van der Waals surface area contributed by atoms with Crippen molar-refractivity contribution < 1.29 is 4.79 Å². The average molecular weight is 252 g/mol. The second-order valence-electron chi connectivity index (χ2n) is 3.91. The number of aromatic nitrogens is 2. The number of hydrogen-bond donors (Lipinski definition) is 1. The van der Waals surface area contributed by atoms with Gasteiger partial charge in [-0.15, -0.1) is 0 Å². The van der Waals surface area contributed by atoms with Crippen LogP contribution < -0.4 is 5.32 Å². The van der Waals surface area contributed by atoms with Crippen molar-refractivity contribution >= 4 is 5.91 Å². The van der Waals surface area contributed by atoms with Crippen molar-refractivity contribution in [2.45, 2.75) is 12.5 Å². The van der Waals surface area contributed by atoms with Crippen LogP contribution in [-0.2, 0) is 11.3 Å². The van der Waals surface area contributed by atoms with E-state index in [1.807, 2.05) is 12.1 Å². The van der Waals surface area contributed by atoms with Gasteiger partial charge in [0.2, 0.25) is 5.91 Å². The zero-order valence-electron chi connectivity index (χ0n) is 10.2. The Hall–Kier alpha value is -2.74. The van der Waals surface area contributed by atoms with Gasteiger partial charge in [-0.3, -0.25) is 4.79 Å². The van der Waals surface area contributed by atoms with Crippen LogP contribution in [0.5, 0.6) is 0 Å². The van der Waals surface area contributed by atoms with Crippen LogP contribution >= 0.6 is 0 Å². The first-order valence-corrected chi connectivity index (χ1v) is 5.80. The smallest absolute Gasteiger partial charge is 0.242 e. The van der Waals surface area contributed by atoms with Gasteiger partial charge in [0.1, 0.15) is 5.92 Å². The molecule has 0 radical (unpaired) electrons. The maximum absolute atomic E-state index is 12.0. The first-order chi connectivity index (χ1) is 9.31. The van der Waals surface area contributed by atoms with E-state index >= 15 is 0 Å². The van der Waals surface area contributed by atoms with Crippen LogP contribution in [0, 0.1) is 11.3 Å². The summed E-state index contributed by atoms with van der Waals surface area (Å²) >= 11 is 0. The fourth-order valence-electron chi connectivity index (χ4n) is 1.64. The zero-order chi connectivity index (χ0) is 13.5. The molecule has 1 unspecified atom stereocenters. The van der Waals surface area contributed by atoms with Crippen LogP contribution in [0.2, 0.25) is 0 Å². The Labute approximate surface area is 110 Å². The van der Waals surface area contributed by atoms with Gasteiger partial charge in [-0.25, -0.2) is 0 Å². The van der Waals surface area contributed by atoms with E-state index in [1.165, 1.54) is 0 Å². The molecule has 1 aromatic heterocycles. The number of nitrogens with zero attached hydrogens (tertiary/aromatic N) is 3. The molecule has 94 valence electrons. The van der Waals surface area contributed by atoms with E-state index in [0.29, 0.717) is 11.3 Å². The van der Waals surface area contributed by atoms with Crippen molar-refractivity contribution in [3.63, 3.8) is 0 Å². The van der Waals surface area contributed by atoms with Crippen LogP contribution in [0.25, 0.3) is 0 Å². The molecule has 2 rings (SSSR count). The Kier molecular flexibility index (Phi) is 4.19. The fourth-order valence-corrected chi connectivity index (χ4v) is 1.64. The molecule has 0 fully saturated rings. The molecule has 0 aliphatic rings. The highest BCUT2D eigenvalue weighted by Gasteiger charge is 2.19. The van der Waals surface area contributed by atoms with Gasteiger partial charge in [0, 0.05) is 6.20 Å². The number of nitrogens with one attached hydrogen (secondary N) is 1. The van der Waals surface area contributed by atoms with Gasteiger partial charge in [0.25, 0.3) is 0 Å². The summed E-state index contributed by atoms with van der Waals surface area (Å²) in [5.74, 6) is -1.14. The third-order valence-electron chi connectivity index (χ3n) is 2.60. The van der Waals surface area contributed by atoms with E-state index in [2.05, 4.69) is 15.5 Å². The topological polar surface area (TPSA) is 78.7 Å². The van der Waals surface area contributed by atoms with Crippen molar-refractivity contribution in [2.24, 2.45) is 0 Å².